The number of pyridine rings is 1. The van der Waals surface area contributed by atoms with Gasteiger partial charge in [0.1, 0.15) is 11.9 Å². The predicted molar refractivity (Wildman–Crippen MR) is 193 cm³/mol. The van der Waals surface area contributed by atoms with Gasteiger partial charge in [-0.3, -0.25) is 14.9 Å². The molecule has 48 heavy (non-hydrogen) atoms. The van der Waals surface area contributed by atoms with E-state index < -0.39 is 5.82 Å². The lowest BCUT2D eigenvalue weighted by atomic mass is 9.98. The maximum absolute atomic E-state index is 13.9. The fraction of sp³-hybridized carbons (Fsp3) is 0.286. The minimum absolute atomic E-state index is 0.0306. The highest BCUT2D eigenvalue weighted by Crippen LogP contribution is 2.38. The van der Waals surface area contributed by atoms with Crippen molar-refractivity contribution in [2.24, 2.45) is 0 Å². The third-order valence-electron chi connectivity index (χ3n) is 8.96. The van der Waals surface area contributed by atoms with Crippen molar-refractivity contribution in [3.8, 4) is 6.07 Å². The van der Waals surface area contributed by atoms with Crippen LogP contribution >= 0.6 is 34.5 Å². The normalized spacial score (nSPS) is 16.5. The average Bonchev–Trinajstić information content (AvgIpc) is 3.75. The summed E-state index contributed by atoms with van der Waals surface area (Å²) < 4.78 is 15.0. The van der Waals surface area contributed by atoms with Crippen molar-refractivity contribution in [1.82, 2.24) is 30.8 Å². The summed E-state index contributed by atoms with van der Waals surface area (Å²) in [6.45, 7) is 8.87. The Kier molecular flexibility index (Phi) is 8.79. The molecule has 2 aromatic heterocycles. The summed E-state index contributed by atoms with van der Waals surface area (Å²) in [6.07, 6.45) is 5.70. The molecule has 2 aliphatic heterocycles. The van der Waals surface area contributed by atoms with Crippen molar-refractivity contribution >= 4 is 72.7 Å². The van der Waals surface area contributed by atoms with E-state index in [9.17, 15) is 9.65 Å². The molecular formula is C35H34Cl2FN9S. The third kappa shape index (κ3) is 6.46. The van der Waals surface area contributed by atoms with Crippen LogP contribution in [0.1, 0.15) is 50.8 Å². The van der Waals surface area contributed by atoms with Crippen LogP contribution in [0.5, 0.6) is 0 Å². The minimum Gasteiger partial charge on any atom is -0.373 e. The number of nitriles is 1. The van der Waals surface area contributed by atoms with Gasteiger partial charge in [0.25, 0.3) is 0 Å². The molecule has 0 spiro atoms. The number of fused-ring (bicyclic) bond motifs is 2. The third-order valence-corrected chi connectivity index (χ3v) is 10.3. The molecule has 1 saturated heterocycles. The minimum atomic E-state index is -0.531. The molecule has 246 valence electrons. The van der Waals surface area contributed by atoms with E-state index in [1.165, 1.54) is 18.3 Å². The number of aromatic nitrogens is 2. The summed E-state index contributed by atoms with van der Waals surface area (Å²) in [5.41, 5.74) is 14.2. The van der Waals surface area contributed by atoms with Crippen LogP contribution in [0, 0.1) is 17.1 Å². The molecular weight excluding hydrogens is 668 g/mol. The Morgan fingerprint density at radius 1 is 1.04 bits per heavy atom. The number of benzene rings is 3. The largest absolute Gasteiger partial charge is 0.373 e. The number of nitrogens with one attached hydrogen (secondary N) is 4. The SMILES string of the molecule is CC(C)(C)N1CCC(N2C=C([C@@H](Nc3cc(Cl)c4ncc(C#N)c(Nc5ccc(F)c(Cl)c5)c4c3)c3ccc4scnc4c3)NN2)CC1. The molecule has 0 radical (unpaired) electrons. The monoisotopic (exact) mass is 701 g/mol. The van der Waals surface area contributed by atoms with Crippen LogP contribution in [0.25, 0.3) is 21.1 Å². The lowest BCUT2D eigenvalue weighted by molar-refractivity contribution is 0.0570. The van der Waals surface area contributed by atoms with Gasteiger partial charge in [0, 0.05) is 53.8 Å². The zero-order valence-electron chi connectivity index (χ0n) is 26.6. The van der Waals surface area contributed by atoms with Gasteiger partial charge in [-0.05, 0) is 81.6 Å². The summed E-state index contributed by atoms with van der Waals surface area (Å²) in [4.78, 5) is 11.6. The zero-order chi connectivity index (χ0) is 33.6. The molecule has 1 fully saturated rings. The molecule has 9 nitrogen and oxygen atoms in total. The van der Waals surface area contributed by atoms with Gasteiger partial charge in [-0.1, -0.05) is 29.3 Å². The molecule has 4 N–H and O–H groups in total. The van der Waals surface area contributed by atoms with E-state index in [0.29, 0.717) is 44.6 Å². The fourth-order valence-corrected chi connectivity index (χ4v) is 7.45. The van der Waals surface area contributed by atoms with Crippen LogP contribution < -0.4 is 21.6 Å². The molecule has 0 bridgehead atoms. The van der Waals surface area contributed by atoms with E-state index in [0.717, 1.165) is 47.4 Å². The first-order valence-electron chi connectivity index (χ1n) is 15.7. The summed E-state index contributed by atoms with van der Waals surface area (Å²) in [6, 6.07) is 16.6. The molecule has 7 rings (SSSR count). The Morgan fingerprint density at radius 2 is 1.83 bits per heavy atom. The topological polar surface area (TPSA) is 104 Å². The number of thiazole rings is 1. The van der Waals surface area contributed by atoms with Gasteiger partial charge in [0.2, 0.25) is 0 Å². The lowest BCUT2D eigenvalue weighted by Gasteiger charge is -2.42. The Labute approximate surface area is 292 Å². The fourth-order valence-electron chi connectivity index (χ4n) is 6.34. The molecule has 1 atom stereocenters. The summed E-state index contributed by atoms with van der Waals surface area (Å²) >= 11 is 14.5. The number of hydrogen-bond acceptors (Lipinski definition) is 10. The standard InChI is InChI=1S/C35H34Cl2FN9S/c1-35(2,3)46-10-8-24(9-11-46)47-18-30(44-45-47)33(20-4-7-31-29(12-20)41-19-48-31)43-23-13-25-32(42-22-5-6-28(38)26(36)14-22)21(16-39)17-40-34(25)27(37)15-23/h4-7,12-15,17-19,24,33,43-45H,8-11H2,1-3H3,(H,40,42)/t33-/m0/s1. The van der Waals surface area contributed by atoms with Gasteiger partial charge in [-0.25, -0.2) is 9.37 Å². The number of hydrogen-bond donors (Lipinski definition) is 4. The number of rotatable bonds is 7. The van der Waals surface area contributed by atoms with E-state index in [2.05, 4.69) is 92.7 Å². The van der Waals surface area contributed by atoms with Crippen LogP contribution in [0.15, 0.2) is 72.1 Å². The molecule has 5 aromatic rings. The maximum Gasteiger partial charge on any atom is 0.141 e. The maximum atomic E-state index is 13.9. The first-order chi connectivity index (χ1) is 23.1. The highest BCUT2D eigenvalue weighted by Gasteiger charge is 2.32. The first-order valence-corrected chi connectivity index (χ1v) is 17.3. The van der Waals surface area contributed by atoms with Crippen LogP contribution in [0.2, 0.25) is 10.0 Å². The summed E-state index contributed by atoms with van der Waals surface area (Å²) in [5.74, 6) is -0.531. The van der Waals surface area contributed by atoms with E-state index >= 15 is 0 Å². The molecule has 0 unspecified atom stereocenters. The quantitative estimate of drug-likeness (QED) is 0.133. The van der Waals surface area contributed by atoms with E-state index in [1.54, 1.807) is 17.4 Å². The smallest absolute Gasteiger partial charge is 0.141 e. The number of halogens is 3. The summed E-state index contributed by atoms with van der Waals surface area (Å²) in [5, 5.41) is 20.1. The van der Waals surface area contributed by atoms with Crippen molar-refractivity contribution in [3.63, 3.8) is 0 Å². The Bertz CT molecular complexity index is 2080. The van der Waals surface area contributed by atoms with Gasteiger partial charge in [0.05, 0.1) is 54.3 Å². The lowest BCUT2D eigenvalue weighted by Crippen LogP contribution is -2.52. The molecule has 3 aromatic carbocycles. The first kappa shape index (κ1) is 32.4. The number of nitrogens with zero attached hydrogens (tertiary/aromatic N) is 5. The van der Waals surface area contributed by atoms with E-state index in [1.807, 2.05) is 17.6 Å². The van der Waals surface area contributed by atoms with Crippen molar-refractivity contribution in [2.75, 3.05) is 23.7 Å². The van der Waals surface area contributed by atoms with Gasteiger partial charge in [0.15, 0.2) is 0 Å². The van der Waals surface area contributed by atoms with Gasteiger partial charge in [-0.2, -0.15) is 5.26 Å². The van der Waals surface area contributed by atoms with Crippen molar-refractivity contribution < 1.29 is 4.39 Å². The van der Waals surface area contributed by atoms with E-state index in [-0.39, 0.29) is 16.6 Å². The molecule has 0 aliphatic carbocycles. The predicted octanol–water partition coefficient (Wildman–Crippen LogP) is 8.49. The zero-order valence-corrected chi connectivity index (χ0v) is 28.9. The number of hydrazine groups is 2. The molecule has 2 aliphatic rings. The van der Waals surface area contributed by atoms with Gasteiger partial charge < -0.3 is 16.1 Å². The second kappa shape index (κ2) is 13.0. The Morgan fingerprint density at radius 3 is 2.58 bits per heavy atom. The van der Waals surface area contributed by atoms with E-state index in [4.69, 9.17) is 23.2 Å². The average molecular weight is 703 g/mol. The molecule has 4 heterocycles. The molecule has 0 amide bonds. The Balaban J connectivity index is 1.25. The molecule has 0 saturated carbocycles. The van der Waals surface area contributed by atoms with Crippen molar-refractivity contribution in [3.05, 3.63) is 99.1 Å². The highest BCUT2D eigenvalue weighted by atomic mass is 35.5. The van der Waals surface area contributed by atoms with Crippen molar-refractivity contribution in [2.45, 2.75) is 51.2 Å². The van der Waals surface area contributed by atoms with Gasteiger partial charge >= 0.3 is 0 Å². The van der Waals surface area contributed by atoms with Gasteiger partial charge in [-0.15, -0.1) is 16.9 Å². The van der Waals surface area contributed by atoms with Crippen LogP contribution in [0.3, 0.4) is 0 Å². The van der Waals surface area contributed by atoms with Crippen LogP contribution in [-0.4, -0.2) is 44.5 Å². The number of piperidine rings is 1. The Hall–Kier alpha value is -4.18. The number of likely N-dealkylation sites (tertiary alicyclic amines) is 1. The molecule has 13 heteroatoms. The second-order valence-corrected chi connectivity index (χ2v) is 14.7. The second-order valence-electron chi connectivity index (χ2n) is 13.0. The highest BCUT2D eigenvalue weighted by molar-refractivity contribution is 7.16. The van der Waals surface area contributed by atoms with Crippen molar-refractivity contribution in [1.29, 1.82) is 5.26 Å². The number of anilines is 3. The van der Waals surface area contributed by atoms with Crippen LogP contribution in [-0.2, 0) is 0 Å². The van der Waals surface area contributed by atoms with Crippen LogP contribution in [0.4, 0.5) is 21.5 Å². The summed E-state index contributed by atoms with van der Waals surface area (Å²) in [7, 11) is 0.